The van der Waals surface area contributed by atoms with Gasteiger partial charge in [-0.1, -0.05) is 37.3 Å². The van der Waals surface area contributed by atoms with Crippen LogP contribution in [0, 0.1) is 10.1 Å². The molecule has 2 rings (SSSR count). The molecule has 0 aliphatic carbocycles. The lowest BCUT2D eigenvalue weighted by Gasteiger charge is -2.18. The lowest BCUT2D eigenvalue weighted by molar-refractivity contribution is -0.383. The number of aromatic nitrogens is 2. The highest BCUT2D eigenvalue weighted by Gasteiger charge is 2.24. The molecule has 0 spiro atoms. The van der Waals surface area contributed by atoms with Crippen LogP contribution in [0.15, 0.2) is 36.7 Å². The van der Waals surface area contributed by atoms with Crippen LogP contribution in [0.5, 0.6) is 0 Å². The minimum absolute atomic E-state index is 0.0274. The van der Waals surface area contributed by atoms with Crippen LogP contribution >= 0.6 is 0 Å². The average Bonchev–Trinajstić information content (AvgIpc) is 2.52. The molecule has 1 aromatic heterocycles. The van der Waals surface area contributed by atoms with Crippen LogP contribution in [-0.2, 0) is 0 Å². The van der Waals surface area contributed by atoms with Gasteiger partial charge >= 0.3 is 5.69 Å². The minimum Gasteiger partial charge on any atom is -0.357 e. The second-order valence-corrected chi connectivity index (χ2v) is 4.34. The number of nitrogens with one attached hydrogen (secondary N) is 2. The highest BCUT2D eigenvalue weighted by Crippen LogP contribution is 2.31. The van der Waals surface area contributed by atoms with E-state index in [1.807, 2.05) is 37.3 Å². The van der Waals surface area contributed by atoms with E-state index < -0.39 is 4.92 Å². The highest BCUT2D eigenvalue weighted by molar-refractivity contribution is 5.69. The van der Waals surface area contributed by atoms with Gasteiger partial charge in [-0.25, -0.2) is 15.8 Å². The van der Waals surface area contributed by atoms with E-state index in [1.165, 1.54) is 6.33 Å². The SMILES string of the molecule is CCC(Nc1ncnc(NN)c1[N+](=O)[O-])c1ccccc1. The van der Waals surface area contributed by atoms with Crippen molar-refractivity contribution in [2.24, 2.45) is 5.84 Å². The number of nitro groups is 1. The summed E-state index contributed by atoms with van der Waals surface area (Å²) in [6.45, 7) is 1.99. The van der Waals surface area contributed by atoms with Gasteiger partial charge in [-0.15, -0.1) is 0 Å². The van der Waals surface area contributed by atoms with Gasteiger partial charge in [-0.05, 0) is 12.0 Å². The van der Waals surface area contributed by atoms with Crippen LogP contribution in [-0.4, -0.2) is 14.9 Å². The second-order valence-electron chi connectivity index (χ2n) is 4.34. The maximum Gasteiger partial charge on any atom is 0.354 e. The summed E-state index contributed by atoms with van der Waals surface area (Å²) in [4.78, 5) is 18.4. The number of nitrogen functional groups attached to an aromatic ring is 1. The Morgan fingerprint density at radius 1 is 1.29 bits per heavy atom. The first-order valence-electron chi connectivity index (χ1n) is 6.44. The molecule has 21 heavy (non-hydrogen) atoms. The van der Waals surface area contributed by atoms with Crippen molar-refractivity contribution >= 4 is 17.3 Å². The zero-order chi connectivity index (χ0) is 15.2. The normalized spacial score (nSPS) is 11.7. The van der Waals surface area contributed by atoms with Gasteiger partial charge in [0.2, 0.25) is 11.6 Å². The molecule has 0 saturated heterocycles. The zero-order valence-electron chi connectivity index (χ0n) is 11.5. The number of anilines is 2. The fraction of sp³-hybridized carbons (Fsp3) is 0.231. The van der Waals surface area contributed by atoms with Crippen molar-refractivity contribution in [1.82, 2.24) is 9.97 Å². The van der Waals surface area contributed by atoms with E-state index in [2.05, 4.69) is 20.7 Å². The first kappa shape index (κ1) is 14.7. The Bertz CT molecular complexity index is 619. The van der Waals surface area contributed by atoms with Crippen molar-refractivity contribution in [2.75, 3.05) is 10.7 Å². The third-order valence-corrected chi connectivity index (χ3v) is 3.06. The lowest BCUT2D eigenvalue weighted by Crippen LogP contribution is -2.16. The molecule has 2 aromatic rings. The van der Waals surface area contributed by atoms with E-state index in [4.69, 9.17) is 5.84 Å². The van der Waals surface area contributed by atoms with Crippen LogP contribution in [0.4, 0.5) is 17.3 Å². The molecular formula is C13H16N6O2. The molecule has 110 valence electrons. The molecular weight excluding hydrogens is 272 g/mol. The van der Waals surface area contributed by atoms with E-state index >= 15 is 0 Å². The molecule has 0 bridgehead atoms. The predicted molar refractivity (Wildman–Crippen MR) is 79.6 cm³/mol. The molecule has 0 fully saturated rings. The Hall–Kier alpha value is -2.74. The quantitative estimate of drug-likeness (QED) is 0.423. The van der Waals surface area contributed by atoms with Crippen molar-refractivity contribution in [3.63, 3.8) is 0 Å². The molecule has 4 N–H and O–H groups in total. The summed E-state index contributed by atoms with van der Waals surface area (Å²) in [5.74, 6) is 5.37. The number of nitrogens with two attached hydrogens (primary N) is 1. The van der Waals surface area contributed by atoms with Gasteiger partial charge in [0.05, 0.1) is 11.0 Å². The Balaban J connectivity index is 2.36. The average molecular weight is 288 g/mol. The van der Waals surface area contributed by atoms with E-state index in [0.717, 1.165) is 12.0 Å². The number of benzene rings is 1. The Labute approximate surface area is 121 Å². The molecule has 0 aliphatic rings. The fourth-order valence-corrected chi connectivity index (χ4v) is 2.03. The fourth-order valence-electron chi connectivity index (χ4n) is 2.03. The molecule has 0 aliphatic heterocycles. The van der Waals surface area contributed by atoms with E-state index in [9.17, 15) is 10.1 Å². The molecule has 1 atom stereocenters. The van der Waals surface area contributed by atoms with Crippen LogP contribution < -0.4 is 16.6 Å². The monoisotopic (exact) mass is 288 g/mol. The Morgan fingerprint density at radius 2 is 1.95 bits per heavy atom. The summed E-state index contributed by atoms with van der Waals surface area (Å²) < 4.78 is 0. The lowest BCUT2D eigenvalue weighted by atomic mass is 10.0. The van der Waals surface area contributed by atoms with Gasteiger partial charge < -0.3 is 10.7 Å². The zero-order valence-corrected chi connectivity index (χ0v) is 11.5. The van der Waals surface area contributed by atoms with Crippen LogP contribution in [0.1, 0.15) is 24.9 Å². The predicted octanol–water partition coefficient (Wildman–Crippen LogP) is 2.23. The van der Waals surface area contributed by atoms with Crippen molar-refractivity contribution in [3.8, 4) is 0 Å². The van der Waals surface area contributed by atoms with Crippen molar-refractivity contribution in [2.45, 2.75) is 19.4 Å². The Kier molecular flexibility index (Phi) is 4.62. The molecule has 1 aromatic carbocycles. The number of nitrogens with zero attached hydrogens (tertiary/aromatic N) is 3. The van der Waals surface area contributed by atoms with Crippen LogP contribution in [0.3, 0.4) is 0 Å². The van der Waals surface area contributed by atoms with Crippen LogP contribution in [0.2, 0.25) is 0 Å². The number of hydrogen-bond acceptors (Lipinski definition) is 7. The number of hydrogen-bond donors (Lipinski definition) is 3. The molecule has 0 amide bonds. The Morgan fingerprint density at radius 3 is 2.52 bits per heavy atom. The minimum atomic E-state index is -0.560. The van der Waals surface area contributed by atoms with Crippen molar-refractivity contribution in [3.05, 3.63) is 52.3 Å². The van der Waals surface area contributed by atoms with Gasteiger partial charge in [0.25, 0.3) is 0 Å². The van der Waals surface area contributed by atoms with E-state index in [0.29, 0.717) is 0 Å². The molecule has 1 heterocycles. The van der Waals surface area contributed by atoms with E-state index in [-0.39, 0.29) is 23.4 Å². The first-order chi connectivity index (χ1) is 10.2. The summed E-state index contributed by atoms with van der Waals surface area (Å²) in [6, 6.07) is 9.57. The topological polar surface area (TPSA) is 119 Å². The van der Waals surface area contributed by atoms with Gasteiger partial charge in [0, 0.05) is 0 Å². The summed E-state index contributed by atoms with van der Waals surface area (Å²) in [6.07, 6.45) is 1.97. The summed E-state index contributed by atoms with van der Waals surface area (Å²) in [5.41, 5.74) is 2.97. The third kappa shape index (κ3) is 3.23. The molecule has 8 nitrogen and oxygen atoms in total. The van der Waals surface area contributed by atoms with E-state index in [1.54, 1.807) is 0 Å². The summed E-state index contributed by atoms with van der Waals surface area (Å²) in [7, 11) is 0. The molecule has 1 unspecified atom stereocenters. The maximum atomic E-state index is 11.2. The van der Waals surface area contributed by atoms with Gasteiger partial charge in [-0.3, -0.25) is 10.1 Å². The summed E-state index contributed by atoms with van der Waals surface area (Å²) in [5, 5.41) is 14.3. The number of hydrazine groups is 1. The number of rotatable bonds is 6. The summed E-state index contributed by atoms with van der Waals surface area (Å²) >= 11 is 0. The van der Waals surface area contributed by atoms with Crippen LogP contribution in [0.25, 0.3) is 0 Å². The van der Waals surface area contributed by atoms with Gasteiger partial charge in [0.15, 0.2) is 0 Å². The standard InChI is InChI=1S/C13H16N6O2/c1-2-10(9-6-4-3-5-7-9)17-12-11(19(20)21)13(18-14)16-8-15-12/h3-8,10H,2,14H2,1H3,(H2,15,16,17,18). The molecule has 8 heteroatoms. The van der Waals surface area contributed by atoms with Crippen molar-refractivity contribution in [1.29, 1.82) is 0 Å². The molecule has 0 radical (unpaired) electrons. The smallest absolute Gasteiger partial charge is 0.354 e. The highest BCUT2D eigenvalue weighted by atomic mass is 16.6. The van der Waals surface area contributed by atoms with Gasteiger partial charge in [-0.2, -0.15) is 0 Å². The second kappa shape index (κ2) is 6.62. The maximum absolute atomic E-state index is 11.2. The first-order valence-corrected chi connectivity index (χ1v) is 6.44. The molecule has 0 saturated carbocycles. The van der Waals surface area contributed by atoms with Crippen molar-refractivity contribution < 1.29 is 4.92 Å². The van der Waals surface area contributed by atoms with Gasteiger partial charge in [0.1, 0.15) is 6.33 Å². The third-order valence-electron chi connectivity index (χ3n) is 3.06. The largest absolute Gasteiger partial charge is 0.357 e.